The quantitative estimate of drug-likeness (QED) is 0.165. The highest BCUT2D eigenvalue weighted by Gasteiger charge is 2.26. The van der Waals surface area contributed by atoms with Crippen molar-refractivity contribution in [2.75, 3.05) is 43.4 Å². The lowest BCUT2D eigenvalue weighted by Gasteiger charge is -2.28. The van der Waals surface area contributed by atoms with E-state index in [1.54, 1.807) is 12.3 Å². The number of rotatable bonds is 15. The summed E-state index contributed by atoms with van der Waals surface area (Å²) in [7, 11) is 0. The third kappa shape index (κ3) is 10.9. The maximum atomic E-state index is 13.3. The van der Waals surface area contributed by atoms with Gasteiger partial charge in [0.15, 0.2) is 5.82 Å². The zero-order chi connectivity index (χ0) is 31.4. The molecule has 10 nitrogen and oxygen atoms in total. The molecule has 1 aliphatic heterocycles. The van der Waals surface area contributed by atoms with Crippen LogP contribution in [0.1, 0.15) is 64.6 Å². The van der Waals surface area contributed by atoms with Crippen molar-refractivity contribution in [1.82, 2.24) is 25.2 Å². The van der Waals surface area contributed by atoms with Crippen LogP contribution < -0.4 is 16.0 Å². The normalized spacial score (nSPS) is 13.5. The number of hydrogen-bond donors (Lipinski definition) is 3. The van der Waals surface area contributed by atoms with E-state index in [9.17, 15) is 9.59 Å². The van der Waals surface area contributed by atoms with Crippen molar-refractivity contribution >= 4 is 23.5 Å². The lowest BCUT2D eigenvalue weighted by atomic mass is 10.1. The fraction of sp³-hybridized carbons (Fsp3) is 0.500. The number of fused-ring (bicyclic) bond motifs is 1. The minimum atomic E-state index is -0.622. The maximum Gasteiger partial charge on any atom is 0.329 e. The summed E-state index contributed by atoms with van der Waals surface area (Å²) in [4.78, 5) is 41.1. The van der Waals surface area contributed by atoms with E-state index in [1.165, 1.54) is 12.5 Å². The molecule has 10 heteroatoms. The third-order valence-electron chi connectivity index (χ3n) is 7.35. The second-order valence-corrected chi connectivity index (χ2v) is 12.3. The van der Waals surface area contributed by atoms with Gasteiger partial charge < -0.3 is 25.6 Å². The van der Waals surface area contributed by atoms with Gasteiger partial charge in [0.05, 0.1) is 0 Å². The summed E-state index contributed by atoms with van der Waals surface area (Å²) >= 11 is 0. The first-order valence-electron chi connectivity index (χ1n) is 15.7. The molecule has 3 N–H and O–H groups in total. The monoisotopic (exact) mass is 601 g/mol. The van der Waals surface area contributed by atoms with Gasteiger partial charge >= 0.3 is 5.97 Å². The Kier molecular flexibility index (Phi) is 12.1. The summed E-state index contributed by atoms with van der Waals surface area (Å²) in [5, 5.41) is 9.64. The SMILES string of the molecule is CC(=O)NCCN(CCCCc1ccc2c(n1)NCCC2)CCC(Nc1ccnc(-c2ccccc2)n1)C(=O)OC(C)(C)C. The molecule has 2 aromatic heterocycles. The Hall–Kier alpha value is -4.05. The molecule has 1 amide bonds. The molecule has 0 saturated carbocycles. The number of esters is 1. The van der Waals surface area contributed by atoms with Crippen molar-refractivity contribution in [3.05, 3.63) is 66.0 Å². The van der Waals surface area contributed by atoms with Crippen molar-refractivity contribution in [3.8, 4) is 11.4 Å². The first kappa shape index (κ1) is 32.9. The zero-order valence-electron chi connectivity index (χ0n) is 26.6. The molecule has 1 aromatic carbocycles. The van der Waals surface area contributed by atoms with Gasteiger partial charge in [-0.15, -0.1) is 0 Å². The van der Waals surface area contributed by atoms with Crippen LogP contribution in [0.2, 0.25) is 0 Å². The lowest BCUT2D eigenvalue weighted by Crippen LogP contribution is -2.41. The van der Waals surface area contributed by atoms with Crippen molar-refractivity contribution in [3.63, 3.8) is 0 Å². The summed E-state index contributed by atoms with van der Waals surface area (Å²) in [5.74, 6) is 1.80. The molecule has 0 aliphatic carbocycles. The van der Waals surface area contributed by atoms with Crippen molar-refractivity contribution in [2.24, 2.45) is 0 Å². The Labute approximate surface area is 261 Å². The Morgan fingerprint density at radius 1 is 1.02 bits per heavy atom. The largest absolute Gasteiger partial charge is 0.458 e. The number of aryl methyl sites for hydroxylation is 2. The molecule has 0 radical (unpaired) electrons. The molecule has 3 heterocycles. The predicted octanol–water partition coefficient (Wildman–Crippen LogP) is 4.87. The highest BCUT2D eigenvalue weighted by molar-refractivity contribution is 5.79. The summed E-state index contributed by atoms with van der Waals surface area (Å²) in [5.41, 5.74) is 2.69. The highest BCUT2D eigenvalue weighted by atomic mass is 16.6. The number of amides is 1. The van der Waals surface area contributed by atoms with Crippen LogP contribution in [0.3, 0.4) is 0 Å². The van der Waals surface area contributed by atoms with Crippen LogP contribution in [-0.4, -0.2) is 76.1 Å². The van der Waals surface area contributed by atoms with Crippen LogP contribution in [0.25, 0.3) is 11.4 Å². The van der Waals surface area contributed by atoms with Gasteiger partial charge in [-0.25, -0.2) is 19.7 Å². The average Bonchev–Trinajstić information content (AvgIpc) is 3.00. The van der Waals surface area contributed by atoms with Crippen LogP contribution in [0.5, 0.6) is 0 Å². The van der Waals surface area contributed by atoms with E-state index in [0.717, 1.165) is 62.3 Å². The summed E-state index contributed by atoms with van der Waals surface area (Å²) < 4.78 is 5.79. The van der Waals surface area contributed by atoms with E-state index in [4.69, 9.17) is 9.72 Å². The number of nitrogens with zero attached hydrogens (tertiary/aromatic N) is 4. The molecule has 44 heavy (non-hydrogen) atoms. The van der Waals surface area contributed by atoms with Gasteiger partial charge in [-0.1, -0.05) is 36.4 Å². The second kappa shape index (κ2) is 16.1. The summed E-state index contributed by atoms with van der Waals surface area (Å²) in [6.07, 6.45) is 7.33. The zero-order valence-corrected chi connectivity index (χ0v) is 26.6. The highest BCUT2D eigenvalue weighted by Crippen LogP contribution is 2.21. The molecule has 1 aliphatic rings. The van der Waals surface area contributed by atoms with Gasteiger partial charge in [0.2, 0.25) is 5.91 Å². The Morgan fingerprint density at radius 2 is 1.84 bits per heavy atom. The van der Waals surface area contributed by atoms with E-state index in [2.05, 4.69) is 43.0 Å². The van der Waals surface area contributed by atoms with E-state index in [0.29, 0.717) is 37.7 Å². The Balaban J connectivity index is 1.38. The van der Waals surface area contributed by atoms with Crippen LogP contribution in [-0.2, 0) is 27.2 Å². The van der Waals surface area contributed by atoms with Gasteiger partial charge in [-0.2, -0.15) is 0 Å². The van der Waals surface area contributed by atoms with Crippen molar-refractivity contribution in [2.45, 2.75) is 77.9 Å². The van der Waals surface area contributed by atoms with E-state index in [-0.39, 0.29) is 11.9 Å². The number of nitrogens with one attached hydrogen (secondary N) is 3. The minimum Gasteiger partial charge on any atom is -0.458 e. The molecule has 236 valence electrons. The van der Waals surface area contributed by atoms with Crippen LogP contribution in [0, 0.1) is 0 Å². The van der Waals surface area contributed by atoms with Gasteiger partial charge in [0.25, 0.3) is 0 Å². The fourth-order valence-electron chi connectivity index (χ4n) is 5.15. The first-order valence-corrected chi connectivity index (χ1v) is 15.7. The molecule has 0 spiro atoms. The molecule has 1 atom stereocenters. The number of carbonyl (C=O) groups is 2. The molecule has 0 bridgehead atoms. The maximum absolute atomic E-state index is 13.3. The van der Waals surface area contributed by atoms with E-state index in [1.807, 2.05) is 51.1 Å². The molecular formula is C34H47N7O3. The topological polar surface area (TPSA) is 121 Å². The number of benzene rings is 1. The first-order chi connectivity index (χ1) is 21.2. The number of ether oxygens (including phenoxy) is 1. The predicted molar refractivity (Wildman–Crippen MR) is 174 cm³/mol. The van der Waals surface area contributed by atoms with E-state index < -0.39 is 11.6 Å². The molecule has 0 fully saturated rings. The van der Waals surface area contributed by atoms with E-state index >= 15 is 0 Å². The van der Waals surface area contributed by atoms with Crippen molar-refractivity contribution < 1.29 is 14.3 Å². The molecule has 4 rings (SSSR count). The fourth-order valence-corrected chi connectivity index (χ4v) is 5.15. The standard InChI is InChI=1S/C34H47N7O3/c1-25(42)35-21-24-41(22-9-8-14-28-16-15-27-13-10-19-36-31(27)38-28)23-18-29(33(43)44-34(2,3)4)39-30-17-20-37-32(40-30)26-11-6-5-7-12-26/h5-7,11-12,15-17,20,29H,8-10,13-14,18-19,21-24H2,1-4H3,(H,35,42)(H,36,38)(H,37,39,40). The Morgan fingerprint density at radius 3 is 2.61 bits per heavy atom. The molecule has 1 unspecified atom stereocenters. The lowest BCUT2D eigenvalue weighted by molar-refractivity contribution is -0.156. The van der Waals surface area contributed by atoms with Crippen molar-refractivity contribution in [1.29, 1.82) is 0 Å². The number of hydrogen-bond acceptors (Lipinski definition) is 9. The smallest absolute Gasteiger partial charge is 0.329 e. The average molecular weight is 602 g/mol. The summed E-state index contributed by atoms with van der Waals surface area (Å²) in [6, 6.07) is 15.3. The summed E-state index contributed by atoms with van der Waals surface area (Å²) in [6.45, 7) is 10.8. The number of aromatic nitrogens is 3. The Bertz CT molecular complexity index is 1360. The molecular weight excluding hydrogens is 554 g/mol. The third-order valence-corrected chi connectivity index (χ3v) is 7.35. The number of anilines is 2. The van der Waals surface area contributed by atoms with Crippen LogP contribution in [0.4, 0.5) is 11.6 Å². The van der Waals surface area contributed by atoms with Gasteiger partial charge in [-0.3, -0.25) is 4.79 Å². The molecule has 3 aromatic rings. The number of pyridine rings is 1. The number of unbranched alkanes of at least 4 members (excludes halogenated alkanes) is 1. The van der Waals surface area contributed by atoms with Gasteiger partial charge in [-0.05, 0) is 83.5 Å². The molecule has 0 saturated heterocycles. The van der Waals surface area contributed by atoms with Gasteiger partial charge in [0.1, 0.15) is 23.3 Å². The minimum absolute atomic E-state index is 0.0525. The number of carbonyl (C=O) groups excluding carboxylic acids is 2. The van der Waals surface area contributed by atoms with Crippen LogP contribution >= 0.6 is 0 Å². The van der Waals surface area contributed by atoms with Crippen LogP contribution in [0.15, 0.2) is 54.7 Å². The second-order valence-electron chi connectivity index (χ2n) is 12.3. The van der Waals surface area contributed by atoms with Gasteiger partial charge in [0, 0.05) is 50.6 Å².